The Kier molecular flexibility index (Phi) is 4.62. The summed E-state index contributed by atoms with van der Waals surface area (Å²) in [6, 6.07) is 26.9. The summed E-state index contributed by atoms with van der Waals surface area (Å²) in [4.78, 5) is 2.52. The second-order valence-electron chi connectivity index (χ2n) is 6.77. The lowest BCUT2D eigenvalue weighted by atomic mass is 9.98. The summed E-state index contributed by atoms with van der Waals surface area (Å²) in [5.74, 6) is -0.133. The van der Waals surface area contributed by atoms with Crippen molar-refractivity contribution >= 4 is 0 Å². The van der Waals surface area contributed by atoms with Gasteiger partial charge in [0.25, 0.3) is 0 Å². The Bertz CT molecular complexity index is 829. The molecule has 1 nitrogen and oxygen atoms in total. The van der Waals surface area contributed by atoms with Crippen LogP contribution in [0.15, 0.2) is 78.9 Å². The molecule has 0 radical (unpaired) electrons. The van der Waals surface area contributed by atoms with Crippen LogP contribution < -0.4 is 0 Å². The highest BCUT2D eigenvalue weighted by atomic mass is 19.1. The molecule has 0 spiro atoms. The van der Waals surface area contributed by atoms with Gasteiger partial charge in [0.2, 0.25) is 0 Å². The van der Waals surface area contributed by atoms with Crippen molar-refractivity contribution in [3.63, 3.8) is 0 Å². The summed E-state index contributed by atoms with van der Waals surface area (Å²) < 4.78 is 13.7. The van der Waals surface area contributed by atoms with Crippen LogP contribution in [0.4, 0.5) is 4.39 Å². The van der Waals surface area contributed by atoms with E-state index >= 15 is 0 Å². The van der Waals surface area contributed by atoms with E-state index in [4.69, 9.17) is 0 Å². The van der Waals surface area contributed by atoms with Crippen LogP contribution >= 0.6 is 0 Å². The molecule has 1 atom stereocenters. The molecule has 0 saturated carbocycles. The number of nitrogens with zero attached hydrogens (tertiary/aromatic N) is 1. The highest BCUT2D eigenvalue weighted by Crippen LogP contribution is 2.33. The first-order valence-corrected chi connectivity index (χ1v) is 8.90. The van der Waals surface area contributed by atoms with Gasteiger partial charge in [-0.25, -0.2) is 4.39 Å². The molecule has 126 valence electrons. The molecule has 3 aromatic carbocycles. The summed E-state index contributed by atoms with van der Waals surface area (Å²) in [6.45, 7) is 1.75. The summed E-state index contributed by atoms with van der Waals surface area (Å²) in [5, 5.41) is 0. The molecule has 0 N–H and O–H groups in total. The summed E-state index contributed by atoms with van der Waals surface area (Å²) in [5.41, 5.74) is 5.05. The average molecular weight is 331 g/mol. The fourth-order valence-corrected chi connectivity index (χ4v) is 3.82. The number of halogens is 1. The first-order chi connectivity index (χ1) is 12.3. The molecule has 0 fully saturated rings. The molecule has 3 aromatic rings. The molecule has 0 amide bonds. The van der Waals surface area contributed by atoms with E-state index < -0.39 is 0 Å². The summed E-state index contributed by atoms with van der Waals surface area (Å²) in [7, 11) is 0. The molecule has 2 heteroatoms. The number of rotatable bonds is 3. The lowest BCUT2D eigenvalue weighted by Crippen LogP contribution is -2.27. The van der Waals surface area contributed by atoms with E-state index in [1.54, 1.807) is 12.1 Å². The maximum Gasteiger partial charge on any atom is 0.123 e. The normalized spacial score (nSPS) is 17.7. The number of fused-ring (bicyclic) bond motifs is 1. The van der Waals surface area contributed by atoms with Gasteiger partial charge in [-0.3, -0.25) is 4.90 Å². The quantitative estimate of drug-likeness (QED) is 0.611. The predicted octanol–water partition coefficient (Wildman–Crippen LogP) is 5.52. The van der Waals surface area contributed by atoms with Gasteiger partial charge in [-0.05, 0) is 47.2 Å². The monoisotopic (exact) mass is 331 g/mol. The van der Waals surface area contributed by atoms with Crippen LogP contribution in [0.3, 0.4) is 0 Å². The van der Waals surface area contributed by atoms with Crippen molar-refractivity contribution in [3.05, 3.63) is 107 Å². The number of benzene rings is 3. The van der Waals surface area contributed by atoms with E-state index in [-0.39, 0.29) is 5.82 Å². The second kappa shape index (κ2) is 7.20. The zero-order valence-electron chi connectivity index (χ0n) is 14.2. The molecular weight excluding hydrogens is 309 g/mol. The largest absolute Gasteiger partial charge is 0.288 e. The third-order valence-electron chi connectivity index (χ3n) is 5.08. The Balaban J connectivity index is 1.69. The number of aryl methyl sites for hydroxylation is 1. The van der Waals surface area contributed by atoms with Crippen LogP contribution in [0, 0.1) is 5.82 Å². The Morgan fingerprint density at radius 1 is 0.840 bits per heavy atom. The Morgan fingerprint density at radius 2 is 1.56 bits per heavy atom. The highest BCUT2D eigenvalue weighted by molar-refractivity contribution is 5.31. The van der Waals surface area contributed by atoms with Crippen LogP contribution in [0.5, 0.6) is 0 Å². The summed E-state index contributed by atoms with van der Waals surface area (Å²) in [6.07, 6.45) is 1.92. The van der Waals surface area contributed by atoms with Crippen molar-refractivity contribution in [1.82, 2.24) is 4.90 Å². The number of hydrogen-bond acceptors (Lipinski definition) is 1. The Morgan fingerprint density at radius 3 is 2.32 bits per heavy atom. The van der Waals surface area contributed by atoms with Crippen LogP contribution in [0.2, 0.25) is 0 Å². The van der Waals surface area contributed by atoms with E-state index in [1.807, 2.05) is 6.07 Å². The van der Waals surface area contributed by atoms with Gasteiger partial charge >= 0.3 is 0 Å². The molecule has 0 bridgehead atoms. The molecule has 1 aliphatic heterocycles. The van der Waals surface area contributed by atoms with E-state index in [0.717, 1.165) is 31.5 Å². The maximum atomic E-state index is 13.7. The van der Waals surface area contributed by atoms with E-state index in [9.17, 15) is 4.39 Å². The highest BCUT2D eigenvalue weighted by Gasteiger charge is 2.25. The molecule has 4 rings (SSSR count). The second-order valence-corrected chi connectivity index (χ2v) is 6.77. The van der Waals surface area contributed by atoms with Crippen molar-refractivity contribution in [2.45, 2.75) is 32.0 Å². The molecule has 1 heterocycles. The molecule has 1 unspecified atom stereocenters. The smallest absolute Gasteiger partial charge is 0.123 e. The van der Waals surface area contributed by atoms with Crippen LogP contribution in [-0.4, -0.2) is 4.90 Å². The van der Waals surface area contributed by atoms with Gasteiger partial charge in [0.05, 0.1) is 0 Å². The minimum atomic E-state index is -0.133. The lowest BCUT2D eigenvalue weighted by Gasteiger charge is -2.30. The van der Waals surface area contributed by atoms with Crippen molar-refractivity contribution < 1.29 is 4.39 Å². The molecule has 0 saturated heterocycles. The molecule has 0 aromatic heterocycles. The first-order valence-electron chi connectivity index (χ1n) is 8.90. The fraction of sp³-hybridized carbons (Fsp3) is 0.217. The minimum Gasteiger partial charge on any atom is -0.288 e. The third-order valence-corrected chi connectivity index (χ3v) is 5.08. The van der Waals surface area contributed by atoms with Crippen LogP contribution in [-0.2, 0) is 19.5 Å². The van der Waals surface area contributed by atoms with Gasteiger partial charge < -0.3 is 0 Å². The van der Waals surface area contributed by atoms with Crippen LogP contribution in [0.25, 0.3) is 0 Å². The third kappa shape index (κ3) is 3.64. The Labute approximate surface area is 148 Å². The zero-order valence-corrected chi connectivity index (χ0v) is 14.2. The summed E-state index contributed by atoms with van der Waals surface area (Å²) >= 11 is 0. The fourth-order valence-electron chi connectivity index (χ4n) is 3.82. The molecule has 1 aliphatic rings. The van der Waals surface area contributed by atoms with Gasteiger partial charge in [0, 0.05) is 19.1 Å². The minimum absolute atomic E-state index is 0.133. The average Bonchev–Trinajstić information content (AvgIpc) is 2.82. The van der Waals surface area contributed by atoms with Gasteiger partial charge in [-0.2, -0.15) is 0 Å². The predicted molar refractivity (Wildman–Crippen MR) is 99.6 cm³/mol. The van der Waals surface area contributed by atoms with Crippen molar-refractivity contribution in [1.29, 1.82) is 0 Å². The first kappa shape index (κ1) is 16.0. The van der Waals surface area contributed by atoms with Gasteiger partial charge in [-0.15, -0.1) is 0 Å². The van der Waals surface area contributed by atoms with Crippen LogP contribution in [0.1, 0.15) is 34.7 Å². The van der Waals surface area contributed by atoms with Gasteiger partial charge in [0.15, 0.2) is 0 Å². The van der Waals surface area contributed by atoms with Crippen molar-refractivity contribution in [2.75, 3.05) is 0 Å². The SMILES string of the molecule is Fc1ccc2c(c1)CCC(c1ccccc1)N(Cc1ccccc1)C2. The molecule has 0 aliphatic carbocycles. The zero-order chi connectivity index (χ0) is 17.1. The van der Waals surface area contributed by atoms with Crippen molar-refractivity contribution in [2.24, 2.45) is 0 Å². The van der Waals surface area contributed by atoms with E-state index in [2.05, 4.69) is 65.6 Å². The topological polar surface area (TPSA) is 3.24 Å². The van der Waals surface area contributed by atoms with Gasteiger partial charge in [0.1, 0.15) is 5.82 Å². The lowest BCUT2D eigenvalue weighted by molar-refractivity contribution is 0.176. The number of hydrogen-bond donors (Lipinski definition) is 0. The van der Waals surface area contributed by atoms with Crippen molar-refractivity contribution in [3.8, 4) is 0 Å². The van der Waals surface area contributed by atoms with Gasteiger partial charge in [-0.1, -0.05) is 66.7 Å². The van der Waals surface area contributed by atoms with E-state index in [0.29, 0.717) is 6.04 Å². The Hall–Kier alpha value is -2.45. The standard InChI is InChI=1S/C23H22FN/c24-22-13-11-21-17-25(16-18-7-3-1-4-8-18)23(14-12-20(21)15-22)19-9-5-2-6-10-19/h1-11,13,15,23H,12,14,16-17H2. The van der Waals surface area contributed by atoms with E-state index in [1.165, 1.54) is 16.7 Å². The molecule has 25 heavy (non-hydrogen) atoms. The molecular formula is C23H22FN. The maximum absolute atomic E-state index is 13.7.